The minimum absolute atomic E-state index is 0.0699. The van der Waals surface area contributed by atoms with E-state index in [0.717, 1.165) is 12.1 Å². The van der Waals surface area contributed by atoms with E-state index in [1.54, 1.807) is 11.3 Å². The molecular weight excluding hydrogens is 332 g/mol. The quantitative estimate of drug-likeness (QED) is 0.470. The largest absolute Gasteiger partial charge is 0.355 e. The molecule has 0 bridgehead atoms. The van der Waals surface area contributed by atoms with E-state index in [0.29, 0.717) is 22.7 Å². The number of hydrogen-bond donors (Lipinski definition) is 3. The minimum Gasteiger partial charge on any atom is -0.355 e. The fourth-order valence-electron chi connectivity index (χ4n) is 2.17. The molecule has 8 heteroatoms. The van der Waals surface area contributed by atoms with Crippen LogP contribution in [0.5, 0.6) is 0 Å². The Morgan fingerprint density at radius 2 is 2.30 bits per heavy atom. The summed E-state index contributed by atoms with van der Waals surface area (Å²) >= 11 is 2.90. The van der Waals surface area contributed by atoms with Crippen molar-refractivity contribution < 1.29 is 4.79 Å². The van der Waals surface area contributed by atoms with Crippen LogP contribution in [0.4, 0.5) is 0 Å². The molecule has 0 fully saturated rings. The van der Waals surface area contributed by atoms with Crippen LogP contribution in [-0.2, 0) is 11.2 Å². The zero-order chi connectivity index (χ0) is 16.2. The molecule has 23 heavy (non-hydrogen) atoms. The predicted molar refractivity (Wildman–Crippen MR) is 93.2 cm³/mol. The molecule has 3 aromatic heterocycles. The molecule has 0 atom stereocenters. The number of nitrogens with zero attached hydrogens (tertiary/aromatic N) is 1. The van der Waals surface area contributed by atoms with Crippen molar-refractivity contribution in [2.45, 2.75) is 18.5 Å². The second-order valence-corrected chi connectivity index (χ2v) is 7.05. The topological polar surface area (TPSA) is 90.6 Å². The number of thiophene rings is 1. The van der Waals surface area contributed by atoms with Gasteiger partial charge in [-0.3, -0.25) is 14.6 Å². The molecule has 0 aliphatic heterocycles. The van der Waals surface area contributed by atoms with Crippen molar-refractivity contribution in [3.63, 3.8) is 0 Å². The van der Waals surface area contributed by atoms with Crippen molar-refractivity contribution in [2.75, 3.05) is 12.3 Å². The van der Waals surface area contributed by atoms with Crippen molar-refractivity contribution in [2.24, 2.45) is 0 Å². The Balaban J connectivity index is 1.53. The maximum absolute atomic E-state index is 11.9. The number of hydrogen-bond acceptors (Lipinski definition) is 5. The Kier molecular flexibility index (Phi) is 4.82. The summed E-state index contributed by atoms with van der Waals surface area (Å²) in [6.07, 6.45) is 0.831. The van der Waals surface area contributed by atoms with Crippen LogP contribution in [0, 0.1) is 6.92 Å². The molecular formula is C15H16N4O2S2. The van der Waals surface area contributed by atoms with Gasteiger partial charge in [0.15, 0.2) is 5.16 Å². The van der Waals surface area contributed by atoms with Gasteiger partial charge in [-0.2, -0.15) is 0 Å². The maximum Gasteiger partial charge on any atom is 0.275 e. The van der Waals surface area contributed by atoms with E-state index in [1.165, 1.54) is 16.6 Å². The van der Waals surface area contributed by atoms with Crippen LogP contribution < -0.4 is 10.9 Å². The van der Waals surface area contributed by atoms with Gasteiger partial charge in [-0.1, -0.05) is 17.8 Å². The lowest BCUT2D eigenvalue weighted by molar-refractivity contribution is -0.118. The van der Waals surface area contributed by atoms with E-state index in [4.69, 9.17) is 0 Å². The third-order valence-corrected chi connectivity index (χ3v) is 5.02. The average molecular weight is 348 g/mol. The highest BCUT2D eigenvalue weighted by Crippen LogP contribution is 2.15. The highest BCUT2D eigenvalue weighted by atomic mass is 32.2. The second kappa shape index (κ2) is 7.01. The van der Waals surface area contributed by atoms with Gasteiger partial charge < -0.3 is 10.3 Å². The van der Waals surface area contributed by atoms with Gasteiger partial charge in [0, 0.05) is 17.1 Å². The zero-order valence-corrected chi connectivity index (χ0v) is 14.1. The molecule has 0 aromatic carbocycles. The summed E-state index contributed by atoms with van der Waals surface area (Å²) < 4.78 is 0. The lowest BCUT2D eigenvalue weighted by atomic mass is 10.3. The Morgan fingerprint density at radius 3 is 3.09 bits per heavy atom. The number of amides is 1. The highest BCUT2D eigenvalue weighted by Gasteiger charge is 2.09. The smallest absolute Gasteiger partial charge is 0.275 e. The molecule has 0 aliphatic rings. The molecule has 6 nitrogen and oxygen atoms in total. The first-order chi connectivity index (χ1) is 11.1. The lowest BCUT2D eigenvalue weighted by Gasteiger charge is -2.04. The molecule has 1 amide bonds. The third-order valence-electron chi connectivity index (χ3n) is 3.21. The van der Waals surface area contributed by atoms with E-state index >= 15 is 0 Å². The van der Waals surface area contributed by atoms with E-state index in [-0.39, 0.29) is 17.2 Å². The Labute approximate surface area is 140 Å². The van der Waals surface area contributed by atoms with Gasteiger partial charge in [-0.15, -0.1) is 11.3 Å². The van der Waals surface area contributed by atoms with Gasteiger partial charge in [0.25, 0.3) is 5.56 Å². The predicted octanol–water partition coefficient (Wildman–Crippen LogP) is 2.07. The van der Waals surface area contributed by atoms with Crippen LogP contribution in [0.2, 0.25) is 0 Å². The number of nitrogens with one attached hydrogen (secondary N) is 3. The first-order valence-electron chi connectivity index (χ1n) is 7.13. The number of aromatic amines is 2. The normalized spacial score (nSPS) is 11.0. The molecule has 0 radical (unpaired) electrons. The van der Waals surface area contributed by atoms with Crippen LogP contribution in [0.15, 0.2) is 33.5 Å². The van der Waals surface area contributed by atoms with Gasteiger partial charge in [0.1, 0.15) is 5.52 Å². The number of carbonyl (C=O) groups excluding carboxylic acids is 1. The third kappa shape index (κ3) is 4.02. The standard InChI is InChI=1S/C15H16N4O2S2/c1-9-7-11-13(17-9)14(21)19-15(18-11)23-8-12(20)16-5-4-10-3-2-6-22-10/h2-3,6-7,17H,4-5,8H2,1H3,(H,16,20)(H,18,19,21). The van der Waals surface area contributed by atoms with Crippen molar-refractivity contribution in [3.8, 4) is 0 Å². The first-order valence-corrected chi connectivity index (χ1v) is 9.00. The van der Waals surface area contributed by atoms with Gasteiger partial charge in [-0.05, 0) is 30.9 Å². The van der Waals surface area contributed by atoms with E-state index in [9.17, 15) is 9.59 Å². The molecule has 0 spiro atoms. The number of carbonyl (C=O) groups is 1. The number of aromatic nitrogens is 3. The molecule has 120 valence electrons. The summed E-state index contributed by atoms with van der Waals surface area (Å²) in [5.74, 6) is 0.155. The molecule has 0 saturated heterocycles. The van der Waals surface area contributed by atoms with Crippen LogP contribution in [0.3, 0.4) is 0 Å². The van der Waals surface area contributed by atoms with E-state index in [2.05, 4.69) is 20.3 Å². The number of fused-ring (bicyclic) bond motifs is 1. The zero-order valence-electron chi connectivity index (χ0n) is 12.5. The fourth-order valence-corrected chi connectivity index (χ4v) is 3.57. The van der Waals surface area contributed by atoms with Crippen molar-refractivity contribution in [3.05, 3.63) is 44.5 Å². The SMILES string of the molecule is Cc1cc2nc(SCC(=O)NCCc3cccs3)[nH]c(=O)c2[nH]1. The molecule has 0 saturated carbocycles. The molecule has 3 aromatic rings. The van der Waals surface area contributed by atoms with Crippen molar-refractivity contribution in [1.82, 2.24) is 20.3 Å². The summed E-state index contributed by atoms with van der Waals surface area (Å²) in [5.41, 5.74) is 1.74. The molecule has 3 rings (SSSR count). The second-order valence-electron chi connectivity index (χ2n) is 5.05. The molecule has 3 heterocycles. The number of aryl methyl sites for hydroxylation is 1. The van der Waals surface area contributed by atoms with Gasteiger partial charge in [0.2, 0.25) is 5.91 Å². The number of rotatable bonds is 6. The summed E-state index contributed by atoms with van der Waals surface area (Å²) in [7, 11) is 0. The highest BCUT2D eigenvalue weighted by molar-refractivity contribution is 7.99. The summed E-state index contributed by atoms with van der Waals surface area (Å²) in [4.78, 5) is 35.0. The van der Waals surface area contributed by atoms with E-state index in [1.807, 2.05) is 30.5 Å². The summed E-state index contributed by atoms with van der Waals surface area (Å²) in [6.45, 7) is 2.48. The monoisotopic (exact) mass is 348 g/mol. The van der Waals surface area contributed by atoms with Crippen LogP contribution >= 0.6 is 23.1 Å². The van der Waals surface area contributed by atoms with Crippen LogP contribution in [0.1, 0.15) is 10.6 Å². The molecule has 0 aliphatic carbocycles. The lowest BCUT2D eigenvalue weighted by Crippen LogP contribution is -2.27. The number of H-pyrrole nitrogens is 2. The Morgan fingerprint density at radius 1 is 1.43 bits per heavy atom. The van der Waals surface area contributed by atoms with Crippen molar-refractivity contribution >= 4 is 40.0 Å². The van der Waals surface area contributed by atoms with E-state index < -0.39 is 0 Å². The minimum atomic E-state index is -0.219. The van der Waals surface area contributed by atoms with Crippen molar-refractivity contribution in [1.29, 1.82) is 0 Å². The summed E-state index contributed by atoms with van der Waals surface area (Å²) in [5, 5.41) is 5.34. The average Bonchev–Trinajstić information content (AvgIpc) is 3.14. The van der Waals surface area contributed by atoms with Gasteiger partial charge in [-0.25, -0.2) is 4.98 Å². The first kappa shape index (κ1) is 15.8. The Hall–Kier alpha value is -2.06. The van der Waals surface area contributed by atoms with Gasteiger partial charge >= 0.3 is 0 Å². The van der Waals surface area contributed by atoms with Crippen LogP contribution in [-0.4, -0.2) is 33.2 Å². The maximum atomic E-state index is 11.9. The molecule has 3 N–H and O–H groups in total. The summed E-state index contributed by atoms with van der Waals surface area (Å²) in [6, 6.07) is 5.86. The van der Waals surface area contributed by atoms with Gasteiger partial charge in [0.05, 0.1) is 11.3 Å². The fraction of sp³-hybridized carbons (Fsp3) is 0.267. The molecule has 0 unspecified atom stereocenters. The Bertz CT molecular complexity index is 867. The van der Waals surface area contributed by atoms with Crippen LogP contribution in [0.25, 0.3) is 11.0 Å². The number of thioether (sulfide) groups is 1.